The number of rotatable bonds is 10. The van der Waals surface area contributed by atoms with E-state index in [0.29, 0.717) is 35.1 Å². The molecule has 1 aliphatic heterocycles. The Labute approximate surface area is 218 Å². The summed E-state index contributed by atoms with van der Waals surface area (Å²) in [5.74, 6) is 0.527. The molecule has 0 bridgehead atoms. The van der Waals surface area contributed by atoms with Gasteiger partial charge in [-0.15, -0.1) is 0 Å². The standard InChI is InChI=1S/C27H34O11/c1-14(4-6-20(27(2,3)33)38-26-24(32)23(31)22(30)19(13-28)37-26)8-10-35-25-15-5-7-21(29)36-18(15)12-17-16(25)9-11-34-17/h5,7-9,11-12,19-20,22-24,26,28,30-33H,4,6,10,13H2,1-3H3/b14-8+/t19-,20+,22-,23+,24-,26+/m1/s1. The highest BCUT2D eigenvalue weighted by Gasteiger charge is 2.46. The molecule has 5 N–H and O–H groups in total. The second-order valence-corrected chi connectivity index (χ2v) is 10.1. The van der Waals surface area contributed by atoms with Crippen molar-refractivity contribution in [3.05, 3.63) is 52.6 Å². The van der Waals surface area contributed by atoms with Gasteiger partial charge in [0, 0.05) is 12.1 Å². The van der Waals surface area contributed by atoms with Crippen LogP contribution in [0.15, 0.2) is 55.8 Å². The van der Waals surface area contributed by atoms with Crippen LogP contribution < -0.4 is 10.4 Å². The second kappa shape index (κ2) is 11.5. The minimum atomic E-state index is -1.57. The summed E-state index contributed by atoms with van der Waals surface area (Å²) in [5.41, 5.74) is 0.0224. The van der Waals surface area contributed by atoms with Crippen LogP contribution in [-0.4, -0.2) is 81.2 Å². The molecule has 0 aliphatic carbocycles. The number of hydrogen-bond acceptors (Lipinski definition) is 11. The van der Waals surface area contributed by atoms with E-state index in [1.165, 1.54) is 12.3 Å². The Morgan fingerprint density at radius 3 is 2.55 bits per heavy atom. The maximum absolute atomic E-state index is 11.6. The third kappa shape index (κ3) is 6.10. The number of benzene rings is 1. The van der Waals surface area contributed by atoms with E-state index in [0.717, 1.165) is 11.0 Å². The molecule has 1 fully saturated rings. The van der Waals surface area contributed by atoms with Crippen molar-refractivity contribution in [3.8, 4) is 5.75 Å². The van der Waals surface area contributed by atoms with Crippen molar-refractivity contribution in [3.63, 3.8) is 0 Å². The first-order valence-electron chi connectivity index (χ1n) is 12.4. The van der Waals surface area contributed by atoms with Gasteiger partial charge < -0.3 is 48.6 Å². The zero-order chi connectivity index (χ0) is 27.6. The normalized spacial score (nSPS) is 25.7. The van der Waals surface area contributed by atoms with Crippen LogP contribution in [-0.2, 0) is 9.47 Å². The molecule has 4 rings (SSSR count). The van der Waals surface area contributed by atoms with E-state index in [-0.39, 0.29) is 6.61 Å². The zero-order valence-corrected chi connectivity index (χ0v) is 21.4. The fourth-order valence-corrected chi connectivity index (χ4v) is 4.42. The lowest BCUT2D eigenvalue weighted by molar-refractivity contribution is -0.322. The third-order valence-corrected chi connectivity index (χ3v) is 6.70. The van der Waals surface area contributed by atoms with Gasteiger partial charge in [-0.3, -0.25) is 0 Å². The Morgan fingerprint density at radius 1 is 1.11 bits per heavy atom. The van der Waals surface area contributed by atoms with Crippen molar-refractivity contribution >= 4 is 21.9 Å². The van der Waals surface area contributed by atoms with Crippen LogP contribution >= 0.6 is 0 Å². The molecule has 6 atom stereocenters. The van der Waals surface area contributed by atoms with Crippen LogP contribution in [0, 0.1) is 0 Å². The Kier molecular flexibility index (Phi) is 8.58. The van der Waals surface area contributed by atoms with Crippen LogP contribution in [0.3, 0.4) is 0 Å². The molecule has 0 radical (unpaired) electrons. The van der Waals surface area contributed by atoms with E-state index < -0.39 is 54.6 Å². The SMILES string of the molecule is C/C(=C\COc1c2ccoc2cc2oc(=O)ccc12)CC[C@H](O[C@@H]1O[C@H](CO)[C@@H](O)[C@H](O)[C@H]1O)C(C)(C)O. The Hall–Kier alpha value is -2.77. The molecule has 3 aromatic rings. The first-order valence-corrected chi connectivity index (χ1v) is 12.4. The molecule has 1 saturated heterocycles. The molecule has 1 aromatic carbocycles. The summed E-state index contributed by atoms with van der Waals surface area (Å²) in [6, 6.07) is 6.39. The average Bonchev–Trinajstić information content (AvgIpc) is 3.33. The molecule has 2 aromatic heterocycles. The van der Waals surface area contributed by atoms with Gasteiger partial charge in [0.1, 0.15) is 47.9 Å². The molecule has 0 unspecified atom stereocenters. The smallest absolute Gasteiger partial charge is 0.336 e. The summed E-state index contributed by atoms with van der Waals surface area (Å²) >= 11 is 0. The first-order chi connectivity index (χ1) is 18.0. The predicted molar refractivity (Wildman–Crippen MR) is 136 cm³/mol. The van der Waals surface area contributed by atoms with E-state index >= 15 is 0 Å². The molecular formula is C27H34O11. The second-order valence-electron chi connectivity index (χ2n) is 10.1. The summed E-state index contributed by atoms with van der Waals surface area (Å²) in [7, 11) is 0. The molecule has 11 nitrogen and oxygen atoms in total. The van der Waals surface area contributed by atoms with Gasteiger partial charge in [-0.05, 0) is 51.8 Å². The largest absolute Gasteiger partial charge is 0.488 e. The van der Waals surface area contributed by atoms with Gasteiger partial charge in [0.2, 0.25) is 0 Å². The fraction of sp³-hybridized carbons (Fsp3) is 0.519. The molecule has 0 saturated carbocycles. The van der Waals surface area contributed by atoms with E-state index in [9.17, 15) is 30.3 Å². The minimum absolute atomic E-state index is 0.213. The lowest BCUT2D eigenvalue weighted by Crippen LogP contribution is -2.60. The van der Waals surface area contributed by atoms with Crippen LogP contribution in [0.4, 0.5) is 0 Å². The quantitative estimate of drug-likeness (QED) is 0.189. The van der Waals surface area contributed by atoms with Gasteiger partial charge in [0.25, 0.3) is 0 Å². The fourth-order valence-electron chi connectivity index (χ4n) is 4.42. The van der Waals surface area contributed by atoms with Crippen molar-refractivity contribution in [2.75, 3.05) is 13.2 Å². The van der Waals surface area contributed by atoms with Gasteiger partial charge >= 0.3 is 5.63 Å². The molecule has 3 heterocycles. The third-order valence-electron chi connectivity index (χ3n) is 6.70. The predicted octanol–water partition coefficient (Wildman–Crippen LogP) is 1.60. The molecule has 38 heavy (non-hydrogen) atoms. The van der Waals surface area contributed by atoms with Gasteiger partial charge in [0.05, 0.1) is 35.3 Å². The van der Waals surface area contributed by atoms with Crippen molar-refractivity contribution in [1.82, 2.24) is 0 Å². The number of aliphatic hydroxyl groups is 5. The highest BCUT2D eigenvalue weighted by molar-refractivity contribution is 6.01. The van der Waals surface area contributed by atoms with Gasteiger partial charge in [0.15, 0.2) is 6.29 Å². The van der Waals surface area contributed by atoms with E-state index in [1.807, 2.05) is 13.0 Å². The maximum atomic E-state index is 11.6. The molecule has 1 aliphatic rings. The lowest BCUT2D eigenvalue weighted by Gasteiger charge is -2.42. The van der Waals surface area contributed by atoms with E-state index in [2.05, 4.69) is 0 Å². The molecule has 11 heteroatoms. The van der Waals surface area contributed by atoms with E-state index in [4.69, 9.17) is 23.0 Å². The Balaban J connectivity index is 1.42. The van der Waals surface area contributed by atoms with Crippen molar-refractivity contribution in [2.45, 2.75) is 76.0 Å². The summed E-state index contributed by atoms with van der Waals surface area (Å²) in [4.78, 5) is 11.6. The number of fused-ring (bicyclic) bond motifs is 2. The Morgan fingerprint density at radius 2 is 1.84 bits per heavy atom. The van der Waals surface area contributed by atoms with Gasteiger partial charge in [-0.1, -0.05) is 5.57 Å². The van der Waals surface area contributed by atoms with Crippen molar-refractivity contribution in [1.29, 1.82) is 0 Å². The number of hydrogen-bond donors (Lipinski definition) is 5. The van der Waals surface area contributed by atoms with Crippen LogP contribution in [0.25, 0.3) is 21.9 Å². The zero-order valence-electron chi connectivity index (χ0n) is 21.4. The monoisotopic (exact) mass is 534 g/mol. The number of ether oxygens (including phenoxy) is 3. The lowest BCUT2D eigenvalue weighted by atomic mass is 9.94. The highest BCUT2D eigenvalue weighted by atomic mass is 16.7. The van der Waals surface area contributed by atoms with Gasteiger partial charge in [-0.2, -0.15) is 0 Å². The van der Waals surface area contributed by atoms with Crippen LogP contribution in [0.5, 0.6) is 5.75 Å². The van der Waals surface area contributed by atoms with Crippen LogP contribution in [0.2, 0.25) is 0 Å². The summed E-state index contributed by atoms with van der Waals surface area (Å²) in [6.45, 7) is 4.64. The van der Waals surface area contributed by atoms with Crippen molar-refractivity contribution < 1.29 is 48.6 Å². The summed E-state index contributed by atoms with van der Waals surface area (Å²) in [6.07, 6.45) is -3.65. The Bertz CT molecular complexity index is 1320. The first kappa shape index (κ1) is 28.2. The number of aliphatic hydroxyl groups excluding tert-OH is 4. The number of furan rings is 1. The average molecular weight is 535 g/mol. The molecule has 208 valence electrons. The van der Waals surface area contributed by atoms with E-state index in [1.54, 1.807) is 32.0 Å². The molecule has 0 amide bonds. The molecular weight excluding hydrogens is 500 g/mol. The van der Waals surface area contributed by atoms with Crippen LogP contribution in [0.1, 0.15) is 33.6 Å². The minimum Gasteiger partial charge on any atom is -0.488 e. The summed E-state index contributed by atoms with van der Waals surface area (Å²) in [5, 5.41) is 51.8. The van der Waals surface area contributed by atoms with Crippen molar-refractivity contribution in [2.24, 2.45) is 0 Å². The van der Waals surface area contributed by atoms with Gasteiger partial charge in [-0.25, -0.2) is 4.79 Å². The number of allylic oxidation sites excluding steroid dienone is 1. The topological polar surface area (TPSA) is 172 Å². The highest BCUT2D eigenvalue weighted by Crippen LogP contribution is 2.35. The molecule has 0 spiro atoms. The summed E-state index contributed by atoms with van der Waals surface area (Å²) < 4.78 is 28.1. The maximum Gasteiger partial charge on any atom is 0.336 e.